The fraction of sp³-hybridized carbons (Fsp3) is 0.438. The van der Waals surface area contributed by atoms with E-state index in [-0.39, 0.29) is 18.4 Å². The van der Waals surface area contributed by atoms with Gasteiger partial charge in [0.1, 0.15) is 0 Å². The molecule has 0 atom stereocenters. The van der Waals surface area contributed by atoms with E-state index < -0.39 is 36.2 Å². The van der Waals surface area contributed by atoms with Crippen LogP contribution in [0.2, 0.25) is 14.8 Å². The van der Waals surface area contributed by atoms with E-state index in [9.17, 15) is 14.4 Å². The van der Waals surface area contributed by atoms with Gasteiger partial charge in [-0.1, -0.05) is 0 Å². The van der Waals surface area contributed by atoms with Crippen LogP contribution in [0.3, 0.4) is 0 Å². The van der Waals surface area contributed by atoms with Gasteiger partial charge in [-0.3, -0.25) is 0 Å². The summed E-state index contributed by atoms with van der Waals surface area (Å²) in [6.07, 6.45) is 0.102. The van der Waals surface area contributed by atoms with Crippen molar-refractivity contribution in [2.75, 3.05) is 14.2 Å². The van der Waals surface area contributed by atoms with Gasteiger partial charge in [0.05, 0.1) is 0 Å². The molecule has 0 aromatic heterocycles. The third-order valence-electron chi connectivity index (χ3n) is 3.69. The summed E-state index contributed by atoms with van der Waals surface area (Å²) in [6, 6.07) is 3.20. The van der Waals surface area contributed by atoms with Crippen LogP contribution in [0.4, 0.5) is 0 Å². The van der Waals surface area contributed by atoms with Gasteiger partial charge in [-0.25, -0.2) is 0 Å². The van der Waals surface area contributed by atoms with E-state index in [0.717, 1.165) is 3.58 Å². The Kier molecular flexibility index (Phi) is 5.41. The molecule has 1 fully saturated rings. The van der Waals surface area contributed by atoms with Crippen molar-refractivity contribution >= 4 is 39.7 Å². The molecule has 0 aliphatic carbocycles. The van der Waals surface area contributed by atoms with Gasteiger partial charge in [0.15, 0.2) is 0 Å². The monoisotopic (exact) mass is 443 g/mol. The van der Waals surface area contributed by atoms with Crippen molar-refractivity contribution in [3.63, 3.8) is 0 Å². The second kappa shape index (κ2) is 7.00. The summed E-state index contributed by atoms with van der Waals surface area (Å²) in [5, 5.41) is 0.534. The molecule has 1 saturated heterocycles. The van der Waals surface area contributed by atoms with Gasteiger partial charge in [-0.05, 0) is 0 Å². The molecule has 0 saturated carbocycles. The summed E-state index contributed by atoms with van der Waals surface area (Å²) in [4.78, 5) is 47.2. The third kappa shape index (κ3) is 3.50. The zero-order chi connectivity index (χ0) is 18.1. The van der Waals surface area contributed by atoms with Crippen molar-refractivity contribution in [2.45, 2.75) is 27.7 Å². The number of hydrogen-bond donors (Lipinski definition) is 0. The molecule has 130 valence electrons. The first-order chi connectivity index (χ1) is 11.2. The molecule has 2 rings (SSSR count). The number of carbonyl (C=O) groups excluding carboxylic acids is 3. The van der Waals surface area contributed by atoms with Gasteiger partial charge in [-0.15, -0.1) is 0 Å². The topological polar surface area (TPSA) is 82.1 Å². The average Bonchev–Trinajstić information content (AvgIpc) is 2.84. The minimum atomic E-state index is -2.71. The van der Waals surface area contributed by atoms with E-state index in [1.165, 1.54) is 13.2 Å². The SMILES string of the molecule is COc1ccc(C(=O)ON2C(=O)CCC2=O)c(OC)[c]1[Sn]([CH3])([CH3])[CH3]. The summed E-state index contributed by atoms with van der Waals surface area (Å²) in [5.41, 5.74) is 0.174. The first kappa shape index (κ1) is 18.6. The summed E-state index contributed by atoms with van der Waals surface area (Å²) in [7, 11) is 3.04. The first-order valence-electron chi connectivity index (χ1n) is 7.54. The van der Waals surface area contributed by atoms with Crippen molar-refractivity contribution in [2.24, 2.45) is 0 Å². The third-order valence-corrected chi connectivity index (χ3v) is 9.33. The number of imide groups is 1. The van der Waals surface area contributed by atoms with Crippen LogP contribution < -0.4 is 13.1 Å². The molecule has 0 spiro atoms. The molecule has 1 heterocycles. The predicted molar refractivity (Wildman–Crippen MR) is 89.0 cm³/mol. The molecular formula is C16H21NO6Sn. The van der Waals surface area contributed by atoms with E-state index in [2.05, 4.69) is 14.8 Å². The molecule has 7 nitrogen and oxygen atoms in total. The van der Waals surface area contributed by atoms with Gasteiger partial charge in [0.2, 0.25) is 0 Å². The Morgan fingerprint density at radius 2 is 1.62 bits per heavy atom. The van der Waals surface area contributed by atoms with Gasteiger partial charge < -0.3 is 0 Å². The van der Waals surface area contributed by atoms with E-state index >= 15 is 0 Å². The zero-order valence-electron chi connectivity index (χ0n) is 14.5. The quantitative estimate of drug-likeness (QED) is 0.508. The summed E-state index contributed by atoms with van der Waals surface area (Å²) < 4.78 is 11.8. The van der Waals surface area contributed by atoms with Crippen LogP contribution in [-0.4, -0.2) is 55.4 Å². The van der Waals surface area contributed by atoms with E-state index in [1.807, 2.05) is 0 Å². The van der Waals surface area contributed by atoms with Gasteiger partial charge in [0, 0.05) is 0 Å². The van der Waals surface area contributed by atoms with Crippen LogP contribution in [0.25, 0.3) is 0 Å². The Bertz CT molecular complexity index is 679. The van der Waals surface area contributed by atoms with E-state index in [4.69, 9.17) is 14.3 Å². The van der Waals surface area contributed by atoms with Crippen molar-refractivity contribution < 1.29 is 28.7 Å². The van der Waals surface area contributed by atoms with Crippen LogP contribution in [-0.2, 0) is 14.4 Å². The molecular weight excluding hydrogens is 421 g/mol. The first-order valence-corrected chi connectivity index (χ1v) is 17.5. The maximum atomic E-state index is 12.5. The van der Waals surface area contributed by atoms with Crippen molar-refractivity contribution in [3.8, 4) is 11.5 Å². The van der Waals surface area contributed by atoms with E-state index in [0.29, 0.717) is 16.6 Å². The van der Waals surface area contributed by atoms with E-state index in [1.54, 1.807) is 13.2 Å². The Labute approximate surface area is 144 Å². The molecule has 0 N–H and O–H groups in total. The molecule has 1 aliphatic heterocycles. The second-order valence-corrected chi connectivity index (χ2v) is 20.7. The van der Waals surface area contributed by atoms with Gasteiger partial charge >= 0.3 is 145 Å². The molecule has 24 heavy (non-hydrogen) atoms. The molecule has 8 heteroatoms. The van der Waals surface area contributed by atoms with Crippen molar-refractivity contribution in [1.29, 1.82) is 0 Å². The van der Waals surface area contributed by atoms with Crippen LogP contribution in [0.1, 0.15) is 23.2 Å². The standard InChI is InChI=1S/C13H12NO6.3CH3.Sn/c1-18-8-3-4-9(10(7-8)19-2)13(17)20-14-11(15)5-6-12(14)16;;;;/h3-4H,5-6H2,1-2H3;3*1H3;. The average molecular weight is 442 g/mol. The van der Waals surface area contributed by atoms with Crippen LogP contribution in [0, 0.1) is 0 Å². The second-order valence-electron chi connectivity index (χ2n) is 6.43. The predicted octanol–water partition coefficient (Wildman–Crippen LogP) is 1.47. The van der Waals surface area contributed by atoms with Crippen LogP contribution in [0.15, 0.2) is 12.1 Å². The minimum absolute atomic E-state index is 0.0511. The molecule has 1 aromatic carbocycles. The van der Waals surface area contributed by atoms with Gasteiger partial charge in [0.25, 0.3) is 0 Å². The molecule has 1 aliphatic rings. The number of nitrogens with zero attached hydrogens (tertiary/aromatic N) is 1. The molecule has 2 amide bonds. The summed E-state index contributed by atoms with van der Waals surface area (Å²) >= 11 is -2.71. The Morgan fingerprint density at radius 3 is 2.08 bits per heavy atom. The number of hydroxylamine groups is 2. The van der Waals surface area contributed by atoms with Crippen LogP contribution in [0.5, 0.6) is 11.5 Å². The Balaban J connectivity index is 2.45. The summed E-state index contributed by atoms with van der Waals surface area (Å²) in [5.74, 6) is -0.774. The number of amides is 2. The Morgan fingerprint density at radius 1 is 1.04 bits per heavy atom. The summed E-state index contributed by atoms with van der Waals surface area (Å²) in [6.45, 7) is 0. The zero-order valence-corrected chi connectivity index (χ0v) is 17.3. The number of rotatable bonds is 5. The Hall–Kier alpha value is -1.77. The fourth-order valence-corrected chi connectivity index (χ4v) is 7.87. The number of methoxy groups -OCH3 is 2. The molecule has 0 unspecified atom stereocenters. The number of carbonyl (C=O) groups is 3. The number of benzene rings is 1. The van der Waals surface area contributed by atoms with Crippen LogP contribution >= 0.6 is 0 Å². The van der Waals surface area contributed by atoms with Gasteiger partial charge in [-0.2, -0.15) is 0 Å². The number of hydrogen-bond acceptors (Lipinski definition) is 6. The molecule has 1 aromatic rings. The fourth-order valence-electron chi connectivity index (χ4n) is 2.61. The molecule has 0 radical (unpaired) electrons. The maximum absolute atomic E-state index is 12.5. The normalized spacial score (nSPS) is 14.8. The van der Waals surface area contributed by atoms with Crippen molar-refractivity contribution in [3.05, 3.63) is 17.7 Å². The molecule has 0 bridgehead atoms. The van der Waals surface area contributed by atoms with Crippen molar-refractivity contribution in [1.82, 2.24) is 5.06 Å². The number of ether oxygens (including phenoxy) is 2.